The fourth-order valence-electron chi connectivity index (χ4n) is 1.51. The molecular formula is C8H12N4OS. The van der Waals surface area contributed by atoms with Gasteiger partial charge in [-0.2, -0.15) is 0 Å². The van der Waals surface area contributed by atoms with Gasteiger partial charge in [-0.15, -0.1) is 5.10 Å². The first kappa shape index (κ1) is 9.54. The molecule has 1 aromatic rings. The van der Waals surface area contributed by atoms with E-state index >= 15 is 0 Å². The summed E-state index contributed by atoms with van der Waals surface area (Å²) in [6.07, 6.45) is 4.75. The molecule has 76 valence electrons. The van der Waals surface area contributed by atoms with Crippen LogP contribution >= 0.6 is 11.5 Å². The van der Waals surface area contributed by atoms with E-state index in [0.717, 1.165) is 25.8 Å². The minimum absolute atomic E-state index is 0.0238. The lowest BCUT2D eigenvalue weighted by atomic mass is 10.0. The van der Waals surface area contributed by atoms with Crippen LogP contribution in [0.1, 0.15) is 19.3 Å². The fourth-order valence-corrected chi connectivity index (χ4v) is 1.93. The summed E-state index contributed by atoms with van der Waals surface area (Å²) in [5, 5.41) is 10.3. The highest BCUT2D eigenvalue weighted by molar-refractivity contribution is 7.10. The first-order valence-electron chi connectivity index (χ1n) is 4.68. The first-order valence-corrected chi connectivity index (χ1v) is 5.45. The average Bonchev–Trinajstić information content (AvgIpc) is 2.72. The van der Waals surface area contributed by atoms with Crippen molar-refractivity contribution in [1.29, 1.82) is 0 Å². The van der Waals surface area contributed by atoms with Crippen LogP contribution < -0.4 is 10.6 Å². The van der Waals surface area contributed by atoms with Crippen LogP contribution in [0.5, 0.6) is 0 Å². The smallest absolute Gasteiger partial charge is 0.242 e. The number of hydrogen-bond donors (Lipinski definition) is 2. The van der Waals surface area contributed by atoms with Gasteiger partial charge in [0.15, 0.2) is 0 Å². The number of anilines is 1. The van der Waals surface area contributed by atoms with Gasteiger partial charge in [0.1, 0.15) is 5.00 Å². The van der Waals surface area contributed by atoms with E-state index in [-0.39, 0.29) is 11.9 Å². The van der Waals surface area contributed by atoms with E-state index in [1.807, 2.05) is 0 Å². The van der Waals surface area contributed by atoms with Crippen molar-refractivity contribution < 1.29 is 4.79 Å². The maximum absolute atomic E-state index is 11.6. The van der Waals surface area contributed by atoms with E-state index in [1.54, 1.807) is 6.20 Å². The number of amides is 1. The highest BCUT2D eigenvalue weighted by atomic mass is 32.1. The van der Waals surface area contributed by atoms with Crippen molar-refractivity contribution in [3.63, 3.8) is 0 Å². The van der Waals surface area contributed by atoms with E-state index in [4.69, 9.17) is 0 Å². The molecule has 2 heterocycles. The minimum atomic E-state index is -0.0501. The van der Waals surface area contributed by atoms with Gasteiger partial charge in [0, 0.05) is 11.5 Å². The van der Waals surface area contributed by atoms with E-state index in [2.05, 4.69) is 20.2 Å². The molecule has 6 heteroatoms. The summed E-state index contributed by atoms with van der Waals surface area (Å²) in [5.41, 5.74) is 0. The monoisotopic (exact) mass is 212 g/mol. The molecule has 0 spiro atoms. The van der Waals surface area contributed by atoms with E-state index < -0.39 is 0 Å². The number of hydrogen-bond acceptors (Lipinski definition) is 5. The lowest BCUT2D eigenvalue weighted by molar-refractivity contribution is -0.118. The Morgan fingerprint density at radius 3 is 3.21 bits per heavy atom. The topological polar surface area (TPSA) is 66.9 Å². The second-order valence-corrected chi connectivity index (χ2v) is 4.06. The first-order chi connectivity index (χ1) is 6.86. The Labute approximate surface area is 86.1 Å². The molecule has 2 N–H and O–H groups in total. The molecule has 1 atom stereocenters. The molecule has 5 nitrogen and oxygen atoms in total. The Morgan fingerprint density at radius 1 is 1.64 bits per heavy atom. The fraction of sp³-hybridized carbons (Fsp3) is 0.625. The quantitative estimate of drug-likeness (QED) is 0.754. The van der Waals surface area contributed by atoms with Crippen LogP contribution in [-0.2, 0) is 4.79 Å². The van der Waals surface area contributed by atoms with Gasteiger partial charge in [-0.05, 0) is 19.4 Å². The zero-order valence-corrected chi connectivity index (χ0v) is 8.51. The maximum Gasteiger partial charge on any atom is 0.242 e. The highest BCUT2D eigenvalue weighted by Crippen LogP contribution is 2.12. The van der Waals surface area contributed by atoms with Gasteiger partial charge in [0.2, 0.25) is 5.91 Å². The van der Waals surface area contributed by atoms with Gasteiger partial charge in [0.25, 0.3) is 0 Å². The summed E-state index contributed by atoms with van der Waals surface area (Å²) in [4.78, 5) is 11.6. The maximum atomic E-state index is 11.6. The Morgan fingerprint density at radius 2 is 2.57 bits per heavy atom. The van der Waals surface area contributed by atoms with Crippen molar-refractivity contribution in [3.05, 3.63) is 6.20 Å². The lowest BCUT2D eigenvalue weighted by Crippen LogP contribution is -2.43. The number of rotatable bonds is 2. The summed E-state index contributed by atoms with van der Waals surface area (Å²) in [7, 11) is 0. The average molecular weight is 212 g/mol. The van der Waals surface area contributed by atoms with Crippen molar-refractivity contribution in [1.82, 2.24) is 14.9 Å². The lowest BCUT2D eigenvalue weighted by Gasteiger charge is -2.21. The molecule has 0 bridgehead atoms. The zero-order chi connectivity index (χ0) is 9.80. The molecule has 1 aliphatic rings. The Balaban J connectivity index is 1.88. The largest absolute Gasteiger partial charge is 0.314 e. The number of nitrogens with one attached hydrogen (secondary N) is 2. The third kappa shape index (κ3) is 2.27. The van der Waals surface area contributed by atoms with Gasteiger partial charge in [-0.3, -0.25) is 4.79 Å². The Hall–Kier alpha value is -1.01. The molecular weight excluding hydrogens is 200 g/mol. The molecule has 1 saturated heterocycles. The van der Waals surface area contributed by atoms with Crippen molar-refractivity contribution >= 4 is 22.4 Å². The van der Waals surface area contributed by atoms with Crippen molar-refractivity contribution in [2.45, 2.75) is 25.3 Å². The van der Waals surface area contributed by atoms with Crippen LogP contribution in [0.25, 0.3) is 0 Å². The second-order valence-electron chi connectivity index (χ2n) is 3.27. The van der Waals surface area contributed by atoms with Crippen molar-refractivity contribution in [3.8, 4) is 0 Å². The number of carbonyl (C=O) groups is 1. The number of piperidine rings is 1. The van der Waals surface area contributed by atoms with Gasteiger partial charge < -0.3 is 10.6 Å². The van der Waals surface area contributed by atoms with E-state index in [9.17, 15) is 4.79 Å². The summed E-state index contributed by atoms with van der Waals surface area (Å²) in [6.45, 7) is 0.930. The van der Waals surface area contributed by atoms with Crippen LogP contribution in [0.4, 0.5) is 5.00 Å². The molecule has 2 rings (SSSR count). The standard InChI is InChI=1S/C8H12N4OS/c13-8(6-3-1-2-4-9-6)11-7-5-10-12-14-7/h5-6,9H,1-4H2,(H,11,13)/t6-/m0/s1. The summed E-state index contributed by atoms with van der Waals surface area (Å²) < 4.78 is 3.68. The van der Waals surface area contributed by atoms with E-state index in [0.29, 0.717) is 5.00 Å². The van der Waals surface area contributed by atoms with E-state index in [1.165, 1.54) is 11.5 Å². The third-order valence-corrected chi connectivity index (χ3v) is 2.81. The molecule has 1 aliphatic heterocycles. The van der Waals surface area contributed by atoms with Crippen LogP contribution in [-0.4, -0.2) is 28.1 Å². The summed E-state index contributed by atoms with van der Waals surface area (Å²) in [5.74, 6) is 0.0238. The molecule has 0 aliphatic carbocycles. The number of nitrogens with zero attached hydrogens (tertiary/aromatic N) is 2. The molecule has 0 saturated carbocycles. The summed E-state index contributed by atoms with van der Waals surface area (Å²) in [6, 6.07) is -0.0501. The Kier molecular flexibility index (Phi) is 3.05. The van der Waals surface area contributed by atoms with Crippen LogP contribution in [0.2, 0.25) is 0 Å². The highest BCUT2D eigenvalue weighted by Gasteiger charge is 2.20. The molecule has 0 radical (unpaired) electrons. The van der Waals surface area contributed by atoms with Crippen molar-refractivity contribution in [2.75, 3.05) is 11.9 Å². The van der Waals surface area contributed by atoms with Gasteiger partial charge in [-0.1, -0.05) is 10.9 Å². The van der Waals surface area contributed by atoms with Crippen LogP contribution in [0.15, 0.2) is 6.20 Å². The molecule has 1 aromatic heterocycles. The van der Waals surface area contributed by atoms with Crippen molar-refractivity contribution in [2.24, 2.45) is 0 Å². The third-order valence-electron chi connectivity index (χ3n) is 2.23. The molecule has 14 heavy (non-hydrogen) atoms. The van der Waals surface area contributed by atoms with Crippen LogP contribution in [0, 0.1) is 0 Å². The molecule has 1 fully saturated rings. The molecule has 1 amide bonds. The normalized spacial score (nSPS) is 21.9. The summed E-state index contributed by atoms with van der Waals surface area (Å²) >= 11 is 1.19. The van der Waals surface area contributed by atoms with Gasteiger partial charge in [0.05, 0.1) is 12.2 Å². The Bertz CT molecular complexity index is 294. The zero-order valence-electron chi connectivity index (χ0n) is 7.69. The number of aromatic nitrogens is 2. The molecule has 0 aromatic carbocycles. The predicted molar refractivity (Wildman–Crippen MR) is 54.2 cm³/mol. The predicted octanol–water partition coefficient (Wildman–Crippen LogP) is 0.619. The second kappa shape index (κ2) is 4.47. The van der Waals surface area contributed by atoms with Gasteiger partial charge in [-0.25, -0.2) is 0 Å². The SMILES string of the molecule is O=C(Nc1cnns1)[C@@H]1CCCCN1. The van der Waals surface area contributed by atoms with Crippen LogP contribution in [0.3, 0.4) is 0 Å². The van der Waals surface area contributed by atoms with Gasteiger partial charge >= 0.3 is 0 Å². The minimum Gasteiger partial charge on any atom is -0.314 e. The molecule has 0 unspecified atom stereocenters. The number of carbonyl (C=O) groups excluding carboxylic acids is 1.